The molecule has 3 aromatic rings. The van der Waals surface area contributed by atoms with Crippen molar-refractivity contribution < 1.29 is 23.9 Å². The minimum atomic E-state index is -0.637. The van der Waals surface area contributed by atoms with Gasteiger partial charge in [-0.05, 0) is 31.1 Å². The second-order valence-corrected chi connectivity index (χ2v) is 7.72. The zero-order chi connectivity index (χ0) is 22.9. The maximum absolute atomic E-state index is 12.5. The lowest BCUT2D eigenvalue weighted by Gasteiger charge is -2.09. The van der Waals surface area contributed by atoms with Crippen LogP contribution in [-0.2, 0) is 19.1 Å². The third-order valence-corrected chi connectivity index (χ3v) is 5.34. The molecule has 7 heteroatoms. The zero-order valence-corrected chi connectivity index (χ0v) is 18.6. The average molecular weight is 450 g/mol. The van der Waals surface area contributed by atoms with Crippen molar-refractivity contribution in [2.24, 2.45) is 0 Å². The highest BCUT2D eigenvalue weighted by Gasteiger charge is 2.23. The van der Waals surface area contributed by atoms with E-state index >= 15 is 0 Å². The van der Waals surface area contributed by atoms with Gasteiger partial charge in [0.15, 0.2) is 6.61 Å². The molecule has 0 aliphatic carbocycles. The number of benzene rings is 2. The molecule has 2 aromatic carbocycles. The fourth-order valence-corrected chi connectivity index (χ4v) is 3.85. The van der Waals surface area contributed by atoms with Gasteiger partial charge >= 0.3 is 11.9 Å². The Morgan fingerprint density at radius 3 is 2.41 bits per heavy atom. The Hall–Kier alpha value is -3.71. The number of thiophene rings is 1. The van der Waals surface area contributed by atoms with Gasteiger partial charge in [-0.3, -0.25) is 4.79 Å². The van der Waals surface area contributed by atoms with E-state index in [4.69, 9.17) is 9.47 Å². The monoisotopic (exact) mass is 449 g/mol. The van der Waals surface area contributed by atoms with Crippen LogP contribution in [0.2, 0.25) is 0 Å². The number of carbonyl (C=O) groups is 3. The summed E-state index contributed by atoms with van der Waals surface area (Å²) in [5.74, 6) is -1.71. The molecule has 0 aliphatic rings. The third kappa shape index (κ3) is 6.15. The molecule has 0 saturated heterocycles. The van der Waals surface area contributed by atoms with Crippen molar-refractivity contribution in [1.29, 1.82) is 0 Å². The summed E-state index contributed by atoms with van der Waals surface area (Å²) in [6.07, 6.45) is 2.88. The van der Waals surface area contributed by atoms with Gasteiger partial charge in [-0.15, -0.1) is 11.3 Å². The third-order valence-electron chi connectivity index (χ3n) is 4.44. The maximum atomic E-state index is 12.5. The fourth-order valence-electron chi connectivity index (χ4n) is 2.88. The van der Waals surface area contributed by atoms with Crippen LogP contribution >= 0.6 is 11.3 Å². The van der Waals surface area contributed by atoms with Gasteiger partial charge in [-0.25, -0.2) is 9.59 Å². The summed E-state index contributed by atoms with van der Waals surface area (Å²) >= 11 is 1.21. The number of rotatable bonds is 8. The quantitative estimate of drug-likeness (QED) is 0.382. The summed E-state index contributed by atoms with van der Waals surface area (Å²) < 4.78 is 10.2. The molecule has 0 aliphatic heterocycles. The molecule has 0 fully saturated rings. The SMILES string of the molecule is CCOC(=O)c1c(-c2ccccc2)csc1NC(=O)COC(=O)/C=C/c1ccc(C)cc1. The number of aryl methyl sites for hydroxylation is 1. The van der Waals surface area contributed by atoms with Crippen LogP contribution < -0.4 is 5.32 Å². The summed E-state index contributed by atoms with van der Waals surface area (Å²) in [6, 6.07) is 17.0. The topological polar surface area (TPSA) is 81.7 Å². The van der Waals surface area contributed by atoms with E-state index in [-0.39, 0.29) is 12.2 Å². The second kappa shape index (κ2) is 11.1. The van der Waals surface area contributed by atoms with E-state index in [0.717, 1.165) is 16.7 Å². The average Bonchev–Trinajstić information content (AvgIpc) is 3.21. The van der Waals surface area contributed by atoms with Crippen LogP contribution in [0.4, 0.5) is 5.00 Å². The van der Waals surface area contributed by atoms with Gasteiger partial charge in [0.2, 0.25) is 0 Å². The van der Waals surface area contributed by atoms with Gasteiger partial charge in [0.1, 0.15) is 10.6 Å². The summed E-state index contributed by atoms with van der Waals surface area (Å²) in [6.45, 7) is 3.43. The van der Waals surface area contributed by atoms with Gasteiger partial charge < -0.3 is 14.8 Å². The van der Waals surface area contributed by atoms with Crippen LogP contribution in [0.15, 0.2) is 66.1 Å². The molecule has 0 saturated carbocycles. The van der Waals surface area contributed by atoms with Crippen molar-refractivity contribution in [3.8, 4) is 11.1 Å². The molecular weight excluding hydrogens is 426 g/mol. The zero-order valence-electron chi connectivity index (χ0n) is 17.8. The Bertz CT molecular complexity index is 1120. The highest BCUT2D eigenvalue weighted by Crippen LogP contribution is 2.36. The minimum absolute atomic E-state index is 0.210. The number of hydrogen-bond acceptors (Lipinski definition) is 6. The van der Waals surface area contributed by atoms with Crippen LogP contribution in [0, 0.1) is 6.92 Å². The lowest BCUT2D eigenvalue weighted by molar-refractivity contribution is -0.142. The number of hydrogen-bond donors (Lipinski definition) is 1. The van der Waals surface area contributed by atoms with Crippen LogP contribution in [0.5, 0.6) is 0 Å². The smallest absolute Gasteiger partial charge is 0.341 e. The molecule has 0 spiro atoms. The number of anilines is 1. The first-order chi connectivity index (χ1) is 15.5. The van der Waals surface area contributed by atoms with Crippen LogP contribution in [-0.4, -0.2) is 31.1 Å². The standard InChI is InChI=1S/C25H23NO5S/c1-3-30-25(29)23-20(19-7-5-4-6-8-19)16-32-24(23)26-21(27)15-31-22(28)14-13-18-11-9-17(2)10-12-18/h4-14,16H,3,15H2,1-2H3,(H,26,27)/b14-13+. The molecule has 164 valence electrons. The summed E-state index contributed by atoms with van der Waals surface area (Å²) in [5, 5.41) is 4.78. The Morgan fingerprint density at radius 2 is 1.72 bits per heavy atom. The molecule has 1 aromatic heterocycles. The highest BCUT2D eigenvalue weighted by atomic mass is 32.1. The van der Waals surface area contributed by atoms with E-state index in [1.165, 1.54) is 17.4 Å². The van der Waals surface area contributed by atoms with Gasteiger partial charge in [-0.1, -0.05) is 60.2 Å². The van der Waals surface area contributed by atoms with E-state index < -0.39 is 24.5 Å². The van der Waals surface area contributed by atoms with E-state index in [9.17, 15) is 14.4 Å². The summed E-state index contributed by atoms with van der Waals surface area (Å²) in [7, 11) is 0. The molecule has 0 bridgehead atoms. The predicted molar refractivity (Wildman–Crippen MR) is 126 cm³/mol. The molecular formula is C25H23NO5S. The molecule has 0 unspecified atom stereocenters. The summed E-state index contributed by atoms with van der Waals surface area (Å²) in [4.78, 5) is 36.8. The molecule has 0 radical (unpaired) electrons. The van der Waals surface area contributed by atoms with Crippen molar-refractivity contribution in [3.05, 3.63) is 82.7 Å². The number of ether oxygens (including phenoxy) is 2. The maximum Gasteiger partial charge on any atom is 0.341 e. The normalized spacial score (nSPS) is 10.7. The molecule has 32 heavy (non-hydrogen) atoms. The molecule has 6 nitrogen and oxygen atoms in total. The molecule has 1 N–H and O–H groups in total. The van der Waals surface area contributed by atoms with Gasteiger partial charge in [0.05, 0.1) is 6.61 Å². The number of nitrogens with one attached hydrogen (secondary N) is 1. The highest BCUT2D eigenvalue weighted by molar-refractivity contribution is 7.15. The van der Waals surface area contributed by atoms with Gasteiger partial charge in [0, 0.05) is 17.0 Å². The van der Waals surface area contributed by atoms with E-state index in [1.807, 2.05) is 61.5 Å². The van der Waals surface area contributed by atoms with Crippen LogP contribution in [0.1, 0.15) is 28.4 Å². The lowest BCUT2D eigenvalue weighted by Crippen LogP contribution is -2.21. The van der Waals surface area contributed by atoms with Crippen LogP contribution in [0.3, 0.4) is 0 Å². The first kappa shape index (κ1) is 23.0. The number of carbonyl (C=O) groups excluding carboxylic acids is 3. The van der Waals surface area contributed by atoms with E-state index in [0.29, 0.717) is 10.6 Å². The van der Waals surface area contributed by atoms with Crippen LogP contribution in [0.25, 0.3) is 17.2 Å². The van der Waals surface area contributed by atoms with Crippen molar-refractivity contribution in [2.45, 2.75) is 13.8 Å². The predicted octanol–water partition coefficient (Wildman–Crippen LogP) is 5.10. The van der Waals surface area contributed by atoms with Crippen molar-refractivity contribution in [1.82, 2.24) is 0 Å². The van der Waals surface area contributed by atoms with Gasteiger partial charge in [0.25, 0.3) is 5.91 Å². The van der Waals surface area contributed by atoms with Crippen molar-refractivity contribution >= 4 is 40.3 Å². The molecule has 1 heterocycles. The van der Waals surface area contributed by atoms with E-state index in [2.05, 4.69) is 5.32 Å². The lowest BCUT2D eigenvalue weighted by atomic mass is 10.0. The van der Waals surface area contributed by atoms with Gasteiger partial charge in [-0.2, -0.15) is 0 Å². The largest absolute Gasteiger partial charge is 0.462 e. The fraction of sp³-hybridized carbons (Fsp3) is 0.160. The molecule has 0 atom stereocenters. The minimum Gasteiger partial charge on any atom is -0.462 e. The number of amides is 1. The summed E-state index contributed by atoms with van der Waals surface area (Å²) in [5.41, 5.74) is 3.75. The Kier molecular flexibility index (Phi) is 7.94. The van der Waals surface area contributed by atoms with Crippen molar-refractivity contribution in [3.63, 3.8) is 0 Å². The second-order valence-electron chi connectivity index (χ2n) is 6.84. The molecule has 1 amide bonds. The first-order valence-electron chi connectivity index (χ1n) is 10.0. The number of esters is 2. The molecule has 3 rings (SSSR count). The first-order valence-corrected chi connectivity index (χ1v) is 10.9. The Morgan fingerprint density at radius 1 is 1.00 bits per heavy atom. The van der Waals surface area contributed by atoms with E-state index in [1.54, 1.807) is 18.4 Å². The van der Waals surface area contributed by atoms with Crippen molar-refractivity contribution in [2.75, 3.05) is 18.5 Å². The Balaban J connectivity index is 1.65. The Labute approximate surface area is 190 Å².